The van der Waals surface area contributed by atoms with Gasteiger partial charge in [-0.1, -0.05) is 19.9 Å². The molecule has 5 heteroatoms. The Morgan fingerprint density at radius 2 is 2.22 bits per heavy atom. The van der Waals surface area contributed by atoms with Gasteiger partial charge in [-0.2, -0.15) is 0 Å². The van der Waals surface area contributed by atoms with Crippen LogP contribution >= 0.6 is 15.9 Å². The van der Waals surface area contributed by atoms with Crippen LogP contribution < -0.4 is 5.32 Å². The van der Waals surface area contributed by atoms with Crippen molar-refractivity contribution in [2.45, 2.75) is 20.4 Å². The van der Waals surface area contributed by atoms with E-state index < -0.39 is 0 Å². The maximum absolute atomic E-state index is 13.7. The first-order valence-electron chi connectivity index (χ1n) is 5.80. The van der Waals surface area contributed by atoms with E-state index in [0.29, 0.717) is 22.0 Å². The summed E-state index contributed by atoms with van der Waals surface area (Å²) in [6.07, 6.45) is 3.59. The lowest BCUT2D eigenvalue weighted by Gasteiger charge is -2.13. The summed E-state index contributed by atoms with van der Waals surface area (Å²) in [5.74, 6) is 0.849. The molecule has 1 heterocycles. The van der Waals surface area contributed by atoms with Gasteiger partial charge in [0.05, 0.1) is 5.69 Å². The Morgan fingerprint density at radius 1 is 1.44 bits per heavy atom. The van der Waals surface area contributed by atoms with Gasteiger partial charge < -0.3 is 9.88 Å². The van der Waals surface area contributed by atoms with E-state index in [1.54, 1.807) is 18.3 Å². The average molecular weight is 312 g/mol. The van der Waals surface area contributed by atoms with Gasteiger partial charge in [0, 0.05) is 23.4 Å². The highest BCUT2D eigenvalue weighted by Crippen LogP contribution is 2.28. The molecule has 0 aliphatic carbocycles. The zero-order valence-corrected chi connectivity index (χ0v) is 11.9. The lowest BCUT2D eigenvalue weighted by molar-refractivity contribution is 0.527. The molecule has 0 atom stereocenters. The van der Waals surface area contributed by atoms with Crippen LogP contribution in [0.3, 0.4) is 0 Å². The van der Waals surface area contributed by atoms with E-state index in [-0.39, 0.29) is 5.82 Å². The van der Waals surface area contributed by atoms with E-state index in [0.717, 1.165) is 6.54 Å². The first kappa shape index (κ1) is 13.1. The van der Waals surface area contributed by atoms with Crippen molar-refractivity contribution in [2.75, 3.05) is 5.32 Å². The van der Waals surface area contributed by atoms with Crippen molar-refractivity contribution in [1.82, 2.24) is 9.55 Å². The maximum atomic E-state index is 13.7. The van der Waals surface area contributed by atoms with Gasteiger partial charge in [-0.15, -0.1) is 0 Å². The van der Waals surface area contributed by atoms with Crippen LogP contribution in [-0.4, -0.2) is 9.55 Å². The summed E-state index contributed by atoms with van der Waals surface area (Å²) in [5, 5.41) is 3.02. The third-order valence-corrected chi connectivity index (χ3v) is 3.14. The molecule has 0 fully saturated rings. The van der Waals surface area contributed by atoms with Crippen LogP contribution in [-0.2, 0) is 6.54 Å². The van der Waals surface area contributed by atoms with E-state index >= 15 is 0 Å². The minimum atomic E-state index is -0.302. The third-order valence-electron chi connectivity index (χ3n) is 2.48. The van der Waals surface area contributed by atoms with Crippen molar-refractivity contribution in [3.63, 3.8) is 0 Å². The summed E-state index contributed by atoms with van der Waals surface area (Å²) < 4.78 is 16.4. The van der Waals surface area contributed by atoms with Gasteiger partial charge in [-0.3, -0.25) is 0 Å². The van der Waals surface area contributed by atoms with Crippen LogP contribution in [0.25, 0.3) is 0 Å². The molecule has 0 aliphatic heterocycles. The van der Waals surface area contributed by atoms with Crippen molar-refractivity contribution in [3.8, 4) is 0 Å². The van der Waals surface area contributed by atoms with E-state index in [2.05, 4.69) is 40.1 Å². The third kappa shape index (κ3) is 2.90. The number of aromatic nitrogens is 2. The SMILES string of the molecule is CC(C)Cn1ccnc1Nc1c(F)cccc1Br. The minimum Gasteiger partial charge on any atom is -0.322 e. The van der Waals surface area contributed by atoms with Gasteiger partial charge in [0.1, 0.15) is 5.82 Å². The van der Waals surface area contributed by atoms with E-state index in [9.17, 15) is 4.39 Å². The first-order chi connectivity index (χ1) is 8.58. The Kier molecular flexibility index (Phi) is 4.01. The molecule has 1 aromatic carbocycles. The first-order valence-corrected chi connectivity index (χ1v) is 6.59. The second-order valence-corrected chi connectivity index (χ2v) is 5.37. The van der Waals surface area contributed by atoms with Crippen LogP contribution in [0.5, 0.6) is 0 Å². The predicted octanol–water partition coefficient (Wildman–Crippen LogP) is 4.18. The van der Waals surface area contributed by atoms with Crippen LogP contribution in [0.2, 0.25) is 0 Å². The Hall–Kier alpha value is -1.36. The monoisotopic (exact) mass is 311 g/mol. The van der Waals surface area contributed by atoms with E-state index in [1.807, 2.05) is 10.8 Å². The molecule has 3 nitrogen and oxygen atoms in total. The number of nitrogens with one attached hydrogen (secondary N) is 1. The van der Waals surface area contributed by atoms with Crippen molar-refractivity contribution in [3.05, 3.63) is 40.9 Å². The number of rotatable bonds is 4. The summed E-state index contributed by atoms with van der Waals surface area (Å²) in [4.78, 5) is 4.21. The van der Waals surface area contributed by atoms with Gasteiger partial charge in [0.25, 0.3) is 0 Å². The number of anilines is 2. The molecule has 0 aliphatic rings. The average Bonchev–Trinajstić information content (AvgIpc) is 2.70. The molecule has 0 spiro atoms. The summed E-state index contributed by atoms with van der Waals surface area (Å²) in [7, 11) is 0. The van der Waals surface area contributed by atoms with Crippen LogP contribution in [0.1, 0.15) is 13.8 Å². The number of imidazole rings is 1. The molecular weight excluding hydrogens is 297 g/mol. The lowest BCUT2D eigenvalue weighted by Crippen LogP contribution is -2.08. The van der Waals surface area contributed by atoms with Gasteiger partial charge in [0.15, 0.2) is 0 Å². The van der Waals surface area contributed by atoms with Crippen molar-refractivity contribution in [1.29, 1.82) is 0 Å². The van der Waals surface area contributed by atoms with Crippen LogP contribution in [0.4, 0.5) is 16.0 Å². The molecule has 0 bridgehead atoms. The largest absolute Gasteiger partial charge is 0.322 e. The van der Waals surface area contributed by atoms with Crippen LogP contribution in [0.15, 0.2) is 35.1 Å². The smallest absolute Gasteiger partial charge is 0.207 e. The molecule has 2 rings (SSSR count). The van der Waals surface area contributed by atoms with Gasteiger partial charge in [-0.05, 0) is 34.0 Å². The summed E-state index contributed by atoms with van der Waals surface area (Å²) in [6, 6.07) is 4.87. The standard InChI is InChI=1S/C13H15BrFN3/c1-9(2)8-18-7-6-16-13(18)17-12-10(14)4-3-5-11(12)15/h3-7,9H,8H2,1-2H3,(H,16,17). The number of nitrogens with zero attached hydrogens (tertiary/aromatic N) is 2. The number of benzene rings is 1. The fourth-order valence-corrected chi connectivity index (χ4v) is 2.14. The highest BCUT2D eigenvalue weighted by molar-refractivity contribution is 9.10. The second kappa shape index (κ2) is 5.52. The topological polar surface area (TPSA) is 29.9 Å². The highest BCUT2D eigenvalue weighted by atomic mass is 79.9. The number of para-hydroxylation sites is 1. The molecule has 0 radical (unpaired) electrons. The van der Waals surface area contributed by atoms with E-state index in [1.165, 1.54) is 6.07 Å². The molecule has 1 aromatic heterocycles. The van der Waals surface area contributed by atoms with Crippen molar-refractivity contribution < 1.29 is 4.39 Å². The second-order valence-electron chi connectivity index (χ2n) is 4.52. The Labute approximate surface area is 114 Å². The van der Waals surface area contributed by atoms with E-state index in [4.69, 9.17) is 0 Å². The fraction of sp³-hybridized carbons (Fsp3) is 0.308. The Bertz CT molecular complexity index is 517. The van der Waals surface area contributed by atoms with Gasteiger partial charge in [0.2, 0.25) is 5.95 Å². The zero-order chi connectivity index (χ0) is 13.1. The number of halogens is 2. The number of hydrogen-bond donors (Lipinski definition) is 1. The Balaban J connectivity index is 2.26. The molecule has 0 saturated carbocycles. The predicted molar refractivity (Wildman–Crippen MR) is 74.4 cm³/mol. The number of hydrogen-bond acceptors (Lipinski definition) is 2. The molecule has 0 unspecified atom stereocenters. The normalized spacial score (nSPS) is 10.9. The van der Waals surface area contributed by atoms with Crippen molar-refractivity contribution >= 4 is 27.6 Å². The lowest BCUT2D eigenvalue weighted by atomic mass is 10.2. The minimum absolute atomic E-state index is 0.302. The summed E-state index contributed by atoms with van der Waals surface area (Å²) in [6.45, 7) is 5.10. The molecular formula is C13H15BrFN3. The quantitative estimate of drug-likeness (QED) is 0.917. The molecule has 2 aromatic rings. The summed E-state index contributed by atoms with van der Waals surface area (Å²) >= 11 is 3.33. The van der Waals surface area contributed by atoms with Gasteiger partial charge in [-0.25, -0.2) is 9.37 Å². The summed E-state index contributed by atoms with van der Waals surface area (Å²) in [5.41, 5.74) is 0.411. The fourth-order valence-electron chi connectivity index (χ4n) is 1.70. The molecule has 0 saturated heterocycles. The Morgan fingerprint density at radius 3 is 2.89 bits per heavy atom. The van der Waals surface area contributed by atoms with Crippen molar-refractivity contribution in [2.24, 2.45) is 5.92 Å². The molecule has 96 valence electrons. The maximum Gasteiger partial charge on any atom is 0.207 e. The van der Waals surface area contributed by atoms with Gasteiger partial charge >= 0.3 is 0 Å². The molecule has 18 heavy (non-hydrogen) atoms. The highest BCUT2D eigenvalue weighted by Gasteiger charge is 2.10. The molecule has 0 amide bonds. The van der Waals surface area contributed by atoms with Crippen LogP contribution in [0, 0.1) is 11.7 Å². The molecule has 1 N–H and O–H groups in total. The zero-order valence-electron chi connectivity index (χ0n) is 10.3.